The van der Waals surface area contributed by atoms with Crippen molar-refractivity contribution >= 4 is 43.0 Å². The Labute approximate surface area is 166 Å². The van der Waals surface area contributed by atoms with E-state index in [4.69, 9.17) is 10.5 Å². The summed E-state index contributed by atoms with van der Waals surface area (Å²) in [6.45, 7) is 3.50. The minimum absolute atomic E-state index is 0. The number of hydrogen-bond acceptors (Lipinski definition) is 7. The second-order valence-electron chi connectivity index (χ2n) is 5.82. The van der Waals surface area contributed by atoms with E-state index >= 15 is 0 Å². The van der Waals surface area contributed by atoms with Crippen LogP contribution in [0.1, 0.15) is 0 Å². The lowest BCUT2D eigenvalue weighted by molar-refractivity contribution is -0.0193. The molecule has 2 aliphatic rings. The number of aliphatic hydroxyl groups excluding tert-OH is 2. The van der Waals surface area contributed by atoms with Crippen molar-refractivity contribution in [2.45, 2.75) is 24.4 Å². The fourth-order valence-electron chi connectivity index (χ4n) is 3.41. The average molecular weight is 418 g/mol. The van der Waals surface area contributed by atoms with E-state index < -0.39 is 12.2 Å². The first-order chi connectivity index (χ1) is 10.7. The Morgan fingerprint density at radius 1 is 1.12 bits per heavy atom. The van der Waals surface area contributed by atoms with Gasteiger partial charge in [0.2, 0.25) is 0 Å². The first-order valence-corrected chi connectivity index (χ1v) is 7.79. The summed E-state index contributed by atoms with van der Waals surface area (Å²) in [4.78, 5) is 8.83. The molecule has 146 valence electrons. The van der Waals surface area contributed by atoms with Crippen molar-refractivity contribution < 1.29 is 14.9 Å². The quantitative estimate of drug-likeness (QED) is 0.630. The topological polar surface area (TPSA) is 95.1 Å². The minimum atomic E-state index is -0.694. The van der Waals surface area contributed by atoms with Crippen LogP contribution in [0.2, 0.25) is 0 Å². The Morgan fingerprint density at radius 3 is 2.32 bits per heavy atom. The van der Waals surface area contributed by atoms with E-state index in [1.54, 1.807) is 6.20 Å². The highest BCUT2D eigenvalue weighted by Gasteiger charge is 2.46. The van der Waals surface area contributed by atoms with E-state index in [-0.39, 0.29) is 56.0 Å². The highest BCUT2D eigenvalue weighted by Crippen LogP contribution is 2.26. The summed E-state index contributed by atoms with van der Waals surface area (Å²) >= 11 is 0. The largest absolute Gasteiger partial charge is 0.394 e. The second-order valence-corrected chi connectivity index (χ2v) is 5.82. The predicted molar refractivity (Wildman–Crippen MR) is 104 cm³/mol. The van der Waals surface area contributed by atoms with Crippen LogP contribution < -0.4 is 10.6 Å². The molecule has 2 fully saturated rings. The highest BCUT2D eigenvalue weighted by atomic mass is 35.5. The van der Waals surface area contributed by atoms with Gasteiger partial charge in [-0.2, -0.15) is 0 Å². The number of ether oxygens (including phenoxy) is 1. The van der Waals surface area contributed by atoms with Crippen LogP contribution in [0.5, 0.6) is 0 Å². The number of piperazine rings is 1. The molecule has 7 nitrogen and oxygen atoms in total. The third kappa shape index (κ3) is 5.30. The van der Waals surface area contributed by atoms with Crippen LogP contribution in [-0.4, -0.2) is 83.8 Å². The molecule has 3 heterocycles. The Bertz CT molecular complexity index is 478. The molecule has 0 amide bonds. The second kappa shape index (κ2) is 11.4. The van der Waals surface area contributed by atoms with Gasteiger partial charge in [0.15, 0.2) is 0 Å². The van der Waals surface area contributed by atoms with Gasteiger partial charge in [-0.15, -0.1) is 37.2 Å². The van der Waals surface area contributed by atoms with E-state index in [2.05, 4.69) is 14.8 Å². The number of aliphatic hydroxyl groups is 2. The zero-order valence-electron chi connectivity index (χ0n) is 13.8. The van der Waals surface area contributed by atoms with Crippen molar-refractivity contribution in [2.24, 2.45) is 5.73 Å². The van der Waals surface area contributed by atoms with Crippen LogP contribution in [-0.2, 0) is 4.74 Å². The fraction of sp³-hybridized carbons (Fsp3) is 0.667. The zero-order chi connectivity index (χ0) is 15.5. The van der Waals surface area contributed by atoms with Gasteiger partial charge in [-0.3, -0.25) is 4.90 Å². The van der Waals surface area contributed by atoms with Crippen molar-refractivity contribution in [3.63, 3.8) is 0 Å². The van der Waals surface area contributed by atoms with Crippen molar-refractivity contribution in [1.82, 2.24) is 9.88 Å². The number of anilines is 1. The first kappa shape index (κ1) is 24.6. The van der Waals surface area contributed by atoms with Gasteiger partial charge in [-0.1, -0.05) is 6.07 Å². The summed E-state index contributed by atoms with van der Waals surface area (Å²) in [6, 6.07) is 5.76. The molecule has 2 saturated heterocycles. The number of aromatic nitrogens is 1. The third-order valence-electron chi connectivity index (χ3n) is 4.58. The Hall–Kier alpha value is -0.380. The van der Waals surface area contributed by atoms with Gasteiger partial charge in [-0.05, 0) is 12.1 Å². The molecule has 10 heteroatoms. The summed E-state index contributed by atoms with van der Waals surface area (Å²) < 4.78 is 5.66. The van der Waals surface area contributed by atoms with Gasteiger partial charge in [0, 0.05) is 38.9 Å². The number of rotatable bonds is 4. The van der Waals surface area contributed by atoms with Crippen molar-refractivity contribution in [1.29, 1.82) is 0 Å². The van der Waals surface area contributed by atoms with Gasteiger partial charge in [0.25, 0.3) is 0 Å². The summed E-state index contributed by atoms with van der Waals surface area (Å²) in [5, 5.41) is 19.7. The average Bonchev–Trinajstić information content (AvgIpc) is 2.91. The van der Waals surface area contributed by atoms with Crippen molar-refractivity contribution in [3.05, 3.63) is 24.4 Å². The molecule has 4 N–H and O–H groups in total. The van der Waals surface area contributed by atoms with E-state index in [0.717, 1.165) is 32.0 Å². The lowest BCUT2D eigenvalue weighted by Crippen LogP contribution is -2.57. The number of pyridine rings is 1. The molecule has 25 heavy (non-hydrogen) atoms. The monoisotopic (exact) mass is 416 g/mol. The van der Waals surface area contributed by atoms with Crippen LogP contribution in [0.3, 0.4) is 0 Å². The Morgan fingerprint density at radius 2 is 1.80 bits per heavy atom. The molecule has 0 spiro atoms. The number of nitrogens with zero attached hydrogens (tertiary/aromatic N) is 3. The van der Waals surface area contributed by atoms with E-state index in [0.29, 0.717) is 6.54 Å². The zero-order valence-corrected chi connectivity index (χ0v) is 16.3. The molecule has 0 saturated carbocycles. The lowest BCUT2D eigenvalue weighted by Gasteiger charge is -2.40. The molecule has 0 aliphatic carbocycles. The van der Waals surface area contributed by atoms with Crippen molar-refractivity contribution in [2.75, 3.05) is 44.2 Å². The van der Waals surface area contributed by atoms with Gasteiger partial charge < -0.3 is 25.6 Å². The molecule has 1 aromatic heterocycles. The maximum absolute atomic E-state index is 10.4. The smallest absolute Gasteiger partial charge is 0.128 e. The van der Waals surface area contributed by atoms with Crippen LogP contribution in [0.4, 0.5) is 5.82 Å². The number of halogens is 3. The summed E-state index contributed by atoms with van der Waals surface area (Å²) in [6.07, 6.45) is 0.341. The van der Waals surface area contributed by atoms with Crippen LogP contribution >= 0.6 is 37.2 Å². The SMILES string of the molecule is Cl.Cl.Cl.NC[C@H]1O[C@@H](CO)[C@@H](O)[C@H]1N1CCN(c2ccccn2)CC1. The maximum atomic E-state index is 10.4. The Balaban J connectivity index is 0.00000192. The summed E-state index contributed by atoms with van der Waals surface area (Å²) in [5.41, 5.74) is 5.76. The highest BCUT2D eigenvalue weighted by molar-refractivity contribution is 5.86. The van der Waals surface area contributed by atoms with Crippen molar-refractivity contribution in [3.8, 4) is 0 Å². The minimum Gasteiger partial charge on any atom is -0.394 e. The molecule has 0 aromatic carbocycles. The van der Waals surface area contributed by atoms with Crippen LogP contribution in [0.25, 0.3) is 0 Å². The first-order valence-electron chi connectivity index (χ1n) is 7.79. The molecule has 1 aromatic rings. The molecule has 0 bridgehead atoms. The molecule has 0 unspecified atom stereocenters. The predicted octanol–water partition coefficient (Wildman–Crippen LogP) is -0.0831. The van der Waals surface area contributed by atoms with E-state index in [1.807, 2.05) is 18.2 Å². The van der Waals surface area contributed by atoms with Gasteiger partial charge in [-0.25, -0.2) is 4.98 Å². The maximum Gasteiger partial charge on any atom is 0.128 e. The third-order valence-corrected chi connectivity index (χ3v) is 4.58. The van der Waals surface area contributed by atoms with Crippen LogP contribution in [0.15, 0.2) is 24.4 Å². The molecule has 3 rings (SSSR count). The molecule has 4 atom stereocenters. The molecule has 2 aliphatic heterocycles. The fourth-order valence-corrected chi connectivity index (χ4v) is 3.41. The molecule has 0 radical (unpaired) electrons. The normalized spacial score (nSPS) is 29.3. The Kier molecular flexibility index (Phi) is 11.2. The lowest BCUT2D eigenvalue weighted by atomic mass is 10.0. The molecular formula is C15H27Cl3N4O3. The van der Waals surface area contributed by atoms with E-state index in [1.165, 1.54) is 0 Å². The van der Waals surface area contributed by atoms with Crippen LogP contribution in [0, 0.1) is 0 Å². The standard InChI is InChI=1S/C15H24N4O3.3ClH/c16-9-11-14(15(21)12(10-20)22-11)19-7-5-18(6-8-19)13-3-1-2-4-17-13;;;/h1-4,11-12,14-15,20-21H,5-10,16H2;3*1H/t11-,12+,14+,15-;;;/m1.../s1. The van der Waals surface area contributed by atoms with Gasteiger partial charge >= 0.3 is 0 Å². The van der Waals surface area contributed by atoms with E-state index in [9.17, 15) is 10.2 Å². The van der Waals surface area contributed by atoms with Gasteiger partial charge in [0.1, 0.15) is 18.0 Å². The summed E-state index contributed by atoms with van der Waals surface area (Å²) in [5.74, 6) is 0.981. The van der Waals surface area contributed by atoms with Gasteiger partial charge in [0.05, 0.1) is 18.8 Å². The summed E-state index contributed by atoms with van der Waals surface area (Å²) in [7, 11) is 0. The number of hydrogen-bond donors (Lipinski definition) is 3. The molecular weight excluding hydrogens is 391 g/mol. The number of nitrogens with two attached hydrogens (primary N) is 1.